The summed E-state index contributed by atoms with van der Waals surface area (Å²) in [5.74, 6) is 0.317. The van der Waals surface area contributed by atoms with Crippen molar-refractivity contribution in [2.24, 2.45) is 0 Å². The maximum Gasteiger partial charge on any atom is 0.155 e. The number of aromatic hydroxyl groups is 1. The number of hydrogen-bond acceptors (Lipinski definition) is 2. The number of Topliss-reactive ketones (excluding diaryl/α,β-unsaturated/α-hetero) is 1. The second-order valence-electron chi connectivity index (χ2n) is 3.42. The smallest absolute Gasteiger partial charge is 0.155 e. The molecule has 0 radical (unpaired) electrons. The quantitative estimate of drug-likeness (QED) is 0.728. The van der Waals surface area contributed by atoms with Gasteiger partial charge >= 0.3 is 0 Å². The Balaban J connectivity index is 3.09. The number of aryl methyl sites for hydroxylation is 1. The van der Waals surface area contributed by atoms with Crippen LogP contribution in [-0.4, -0.2) is 10.9 Å². The van der Waals surface area contributed by atoms with Crippen molar-refractivity contribution in [1.82, 2.24) is 0 Å². The highest BCUT2D eigenvalue weighted by Gasteiger charge is 2.00. The van der Waals surface area contributed by atoms with Crippen molar-refractivity contribution < 1.29 is 9.90 Å². The minimum absolute atomic E-state index is 0.0671. The number of phenols is 1. The van der Waals surface area contributed by atoms with E-state index in [0.29, 0.717) is 0 Å². The average molecular weight is 190 g/mol. The normalized spacial score (nSPS) is 11.5. The lowest BCUT2D eigenvalue weighted by Gasteiger charge is -2.02. The number of phenolic OH excluding ortho intramolecular Hbond substituents is 1. The molecule has 1 N–H and O–H groups in total. The third kappa shape index (κ3) is 2.46. The van der Waals surface area contributed by atoms with E-state index in [1.807, 2.05) is 13.0 Å². The Labute approximate surface area is 83.9 Å². The zero-order chi connectivity index (χ0) is 10.7. The fourth-order valence-corrected chi connectivity index (χ4v) is 1.16. The average Bonchev–Trinajstić information content (AvgIpc) is 2.09. The van der Waals surface area contributed by atoms with Crippen LogP contribution in [-0.2, 0) is 4.79 Å². The van der Waals surface area contributed by atoms with Crippen molar-refractivity contribution in [3.05, 3.63) is 34.9 Å². The molecule has 14 heavy (non-hydrogen) atoms. The van der Waals surface area contributed by atoms with Crippen molar-refractivity contribution >= 4 is 11.9 Å². The van der Waals surface area contributed by atoms with E-state index in [2.05, 4.69) is 0 Å². The van der Waals surface area contributed by atoms with E-state index in [4.69, 9.17) is 0 Å². The van der Waals surface area contributed by atoms with Gasteiger partial charge in [0.25, 0.3) is 0 Å². The van der Waals surface area contributed by atoms with Gasteiger partial charge in [0.15, 0.2) is 5.78 Å². The van der Waals surface area contributed by atoms with Gasteiger partial charge in [-0.05, 0) is 55.7 Å². The summed E-state index contributed by atoms with van der Waals surface area (Å²) in [6, 6.07) is 5.10. The molecule has 0 heterocycles. The Bertz CT molecular complexity index is 389. The van der Waals surface area contributed by atoms with Crippen molar-refractivity contribution in [2.75, 3.05) is 0 Å². The highest BCUT2D eigenvalue weighted by atomic mass is 16.3. The van der Waals surface area contributed by atoms with E-state index >= 15 is 0 Å². The Hall–Kier alpha value is -1.57. The zero-order valence-electron chi connectivity index (χ0n) is 8.66. The monoisotopic (exact) mass is 190 g/mol. The SMILES string of the molecule is CC(=O)/C(C)=C/c1ccc(O)cc1C. The molecule has 0 aliphatic rings. The van der Waals surface area contributed by atoms with Crippen molar-refractivity contribution in [2.45, 2.75) is 20.8 Å². The largest absolute Gasteiger partial charge is 0.508 e. The van der Waals surface area contributed by atoms with E-state index in [1.165, 1.54) is 0 Å². The molecular weight excluding hydrogens is 176 g/mol. The number of hydrogen-bond donors (Lipinski definition) is 1. The van der Waals surface area contributed by atoms with Crippen LogP contribution in [0.25, 0.3) is 6.08 Å². The topological polar surface area (TPSA) is 37.3 Å². The first-order chi connectivity index (χ1) is 6.50. The summed E-state index contributed by atoms with van der Waals surface area (Å²) in [6.07, 6.45) is 1.83. The van der Waals surface area contributed by atoms with Crippen LogP contribution in [0.5, 0.6) is 5.75 Å². The molecule has 0 fully saturated rings. The lowest BCUT2D eigenvalue weighted by atomic mass is 10.0. The molecule has 0 saturated heterocycles. The number of allylic oxidation sites excluding steroid dienone is 1. The molecule has 2 heteroatoms. The van der Waals surface area contributed by atoms with Crippen LogP contribution in [0.2, 0.25) is 0 Å². The molecule has 2 nitrogen and oxygen atoms in total. The predicted molar refractivity (Wildman–Crippen MR) is 57.2 cm³/mol. The van der Waals surface area contributed by atoms with Crippen LogP contribution in [0, 0.1) is 6.92 Å². The molecule has 0 atom stereocenters. The van der Waals surface area contributed by atoms with E-state index in [0.717, 1.165) is 16.7 Å². The molecular formula is C12H14O2. The maximum absolute atomic E-state index is 11.0. The molecule has 0 aliphatic heterocycles. The summed E-state index contributed by atoms with van der Waals surface area (Å²) in [4.78, 5) is 11.0. The summed E-state index contributed by atoms with van der Waals surface area (Å²) in [5.41, 5.74) is 2.65. The van der Waals surface area contributed by atoms with Crippen LogP contribution in [0.4, 0.5) is 0 Å². The van der Waals surface area contributed by atoms with E-state index in [1.54, 1.807) is 32.0 Å². The van der Waals surface area contributed by atoms with Crippen LogP contribution < -0.4 is 0 Å². The first kappa shape index (κ1) is 10.5. The van der Waals surface area contributed by atoms with Crippen LogP contribution >= 0.6 is 0 Å². The maximum atomic E-state index is 11.0. The number of ketones is 1. The van der Waals surface area contributed by atoms with Gasteiger partial charge in [-0.15, -0.1) is 0 Å². The highest BCUT2D eigenvalue weighted by molar-refractivity contribution is 5.97. The molecule has 0 aromatic heterocycles. The van der Waals surface area contributed by atoms with Crippen LogP contribution in [0.1, 0.15) is 25.0 Å². The van der Waals surface area contributed by atoms with Gasteiger partial charge in [0.05, 0.1) is 0 Å². The standard InChI is InChI=1S/C12H14O2/c1-8(10(3)13)6-11-4-5-12(14)7-9(11)2/h4-7,14H,1-3H3/b8-6+. The molecule has 0 amide bonds. The number of carbonyl (C=O) groups is 1. The van der Waals surface area contributed by atoms with E-state index < -0.39 is 0 Å². The summed E-state index contributed by atoms with van der Waals surface area (Å²) >= 11 is 0. The third-order valence-electron chi connectivity index (χ3n) is 2.18. The lowest BCUT2D eigenvalue weighted by Crippen LogP contribution is -1.91. The Morgan fingerprint density at radius 2 is 2.00 bits per heavy atom. The first-order valence-corrected chi connectivity index (χ1v) is 4.49. The molecule has 0 unspecified atom stereocenters. The van der Waals surface area contributed by atoms with Gasteiger partial charge in [0.1, 0.15) is 5.75 Å². The minimum atomic E-state index is 0.0671. The molecule has 1 aromatic rings. The molecule has 0 bridgehead atoms. The van der Waals surface area contributed by atoms with Crippen molar-refractivity contribution in [3.8, 4) is 5.75 Å². The van der Waals surface area contributed by atoms with Gasteiger partial charge in [-0.1, -0.05) is 6.07 Å². The lowest BCUT2D eigenvalue weighted by molar-refractivity contribution is -0.113. The predicted octanol–water partition coefficient (Wildman–Crippen LogP) is 2.69. The van der Waals surface area contributed by atoms with Crippen molar-refractivity contribution in [1.29, 1.82) is 0 Å². The Morgan fingerprint density at radius 1 is 1.36 bits per heavy atom. The molecule has 0 saturated carbocycles. The van der Waals surface area contributed by atoms with Crippen LogP contribution in [0.15, 0.2) is 23.8 Å². The van der Waals surface area contributed by atoms with Gasteiger partial charge < -0.3 is 5.11 Å². The second-order valence-corrected chi connectivity index (χ2v) is 3.42. The first-order valence-electron chi connectivity index (χ1n) is 4.49. The van der Waals surface area contributed by atoms with Gasteiger partial charge in [-0.3, -0.25) is 4.79 Å². The van der Waals surface area contributed by atoms with E-state index in [9.17, 15) is 9.90 Å². The fourth-order valence-electron chi connectivity index (χ4n) is 1.16. The number of carbonyl (C=O) groups excluding carboxylic acids is 1. The second kappa shape index (κ2) is 4.09. The van der Waals surface area contributed by atoms with Crippen molar-refractivity contribution in [3.63, 3.8) is 0 Å². The number of benzene rings is 1. The third-order valence-corrected chi connectivity index (χ3v) is 2.18. The summed E-state index contributed by atoms with van der Waals surface area (Å²) in [6.45, 7) is 5.23. The van der Waals surface area contributed by atoms with Gasteiger partial charge in [0, 0.05) is 0 Å². The zero-order valence-corrected chi connectivity index (χ0v) is 8.66. The van der Waals surface area contributed by atoms with E-state index in [-0.39, 0.29) is 11.5 Å². The van der Waals surface area contributed by atoms with Crippen LogP contribution in [0.3, 0.4) is 0 Å². The Kier molecular flexibility index (Phi) is 3.07. The fraction of sp³-hybridized carbons (Fsp3) is 0.250. The molecule has 74 valence electrons. The summed E-state index contributed by atoms with van der Waals surface area (Å²) in [5, 5.41) is 9.19. The molecule has 1 aromatic carbocycles. The van der Waals surface area contributed by atoms with Gasteiger partial charge in [-0.2, -0.15) is 0 Å². The summed E-state index contributed by atoms with van der Waals surface area (Å²) < 4.78 is 0. The van der Waals surface area contributed by atoms with Gasteiger partial charge in [-0.25, -0.2) is 0 Å². The molecule has 0 spiro atoms. The highest BCUT2D eigenvalue weighted by Crippen LogP contribution is 2.18. The Morgan fingerprint density at radius 3 is 2.50 bits per heavy atom. The summed E-state index contributed by atoms with van der Waals surface area (Å²) in [7, 11) is 0. The van der Waals surface area contributed by atoms with Gasteiger partial charge in [0.2, 0.25) is 0 Å². The molecule has 1 rings (SSSR count). The number of rotatable bonds is 2. The minimum Gasteiger partial charge on any atom is -0.508 e. The molecule has 0 aliphatic carbocycles.